The lowest BCUT2D eigenvalue weighted by Gasteiger charge is -2.07. The molecule has 0 saturated heterocycles. The van der Waals surface area contributed by atoms with E-state index >= 15 is 0 Å². The first-order chi connectivity index (χ1) is 7.68. The molecule has 1 heterocycles. The van der Waals surface area contributed by atoms with E-state index in [9.17, 15) is 4.79 Å². The molecule has 16 heavy (non-hydrogen) atoms. The largest absolute Gasteiger partial charge is 0.398 e. The van der Waals surface area contributed by atoms with Gasteiger partial charge in [-0.05, 0) is 12.1 Å². The van der Waals surface area contributed by atoms with Gasteiger partial charge in [-0.3, -0.25) is 9.89 Å². The summed E-state index contributed by atoms with van der Waals surface area (Å²) in [7, 11) is 0. The molecule has 1 aromatic carbocycles. The number of nitrogens with zero attached hydrogens (tertiary/aromatic N) is 1. The van der Waals surface area contributed by atoms with Crippen molar-refractivity contribution >= 4 is 28.9 Å². The van der Waals surface area contributed by atoms with Gasteiger partial charge in [-0.1, -0.05) is 17.7 Å². The third-order valence-electron chi connectivity index (χ3n) is 2.03. The third kappa shape index (κ3) is 1.99. The number of H-pyrrole nitrogens is 1. The predicted molar refractivity (Wildman–Crippen MR) is 62.4 cm³/mol. The summed E-state index contributed by atoms with van der Waals surface area (Å²) in [6, 6.07) is 4.92. The number of nitrogens with one attached hydrogen (secondary N) is 2. The quantitative estimate of drug-likeness (QED) is 0.697. The molecule has 2 rings (SSSR count). The fraction of sp³-hybridized carbons (Fsp3) is 0. The van der Waals surface area contributed by atoms with Gasteiger partial charge in [0.05, 0.1) is 22.5 Å². The number of carbonyl (C=O) groups excluding carboxylic acids is 1. The number of anilines is 2. The minimum absolute atomic E-state index is 0.269. The van der Waals surface area contributed by atoms with Crippen LogP contribution >= 0.6 is 11.6 Å². The van der Waals surface area contributed by atoms with Gasteiger partial charge >= 0.3 is 0 Å². The molecule has 0 radical (unpaired) electrons. The van der Waals surface area contributed by atoms with Gasteiger partial charge in [-0.25, -0.2) is 0 Å². The number of nitrogen functional groups attached to an aromatic ring is 1. The number of benzene rings is 1. The minimum atomic E-state index is -0.357. The predicted octanol–water partition coefficient (Wildman–Crippen LogP) is 1.90. The van der Waals surface area contributed by atoms with E-state index in [0.29, 0.717) is 16.4 Å². The number of nitrogens with two attached hydrogens (primary N) is 1. The molecule has 0 aliphatic heterocycles. The van der Waals surface area contributed by atoms with Crippen molar-refractivity contribution in [3.8, 4) is 0 Å². The second-order valence-electron chi connectivity index (χ2n) is 3.15. The van der Waals surface area contributed by atoms with Crippen molar-refractivity contribution in [3.63, 3.8) is 0 Å². The zero-order chi connectivity index (χ0) is 11.5. The number of aromatic nitrogens is 2. The Morgan fingerprint density at radius 3 is 2.94 bits per heavy atom. The van der Waals surface area contributed by atoms with Gasteiger partial charge in [-0.15, -0.1) is 0 Å². The Morgan fingerprint density at radius 2 is 2.31 bits per heavy atom. The number of rotatable bonds is 2. The fourth-order valence-corrected chi connectivity index (χ4v) is 1.56. The summed E-state index contributed by atoms with van der Waals surface area (Å²) in [6.07, 6.45) is 3.05. The average Bonchev–Trinajstić information content (AvgIpc) is 2.70. The van der Waals surface area contributed by atoms with Gasteiger partial charge in [0, 0.05) is 11.9 Å². The fourth-order valence-electron chi connectivity index (χ4n) is 1.29. The van der Waals surface area contributed by atoms with E-state index in [0.717, 1.165) is 0 Å². The maximum Gasteiger partial charge on any atom is 0.259 e. The maximum absolute atomic E-state index is 11.8. The summed E-state index contributed by atoms with van der Waals surface area (Å²) in [6.45, 7) is 0. The van der Waals surface area contributed by atoms with E-state index in [4.69, 9.17) is 17.3 Å². The normalized spacial score (nSPS) is 10.1. The summed E-state index contributed by atoms with van der Waals surface area (Å²) in [4.78, 5) is 11.8. The van der Waals surface area contributed by atoms with Crippen molar-refractivity contribution in [2.45, 2.75) is 0 Å². The molecule has 82 valence electrons. The van der Waals surface area contributed by atoms with Crippen LogP contribution in [0.3, 0.4) is 0 Å². The van der Waals surface area contributed by atoms with Crippen molar-refractivity contribution in [1.29, 1.82) is 0 Å². The summed E-state index contributed by atoms with van der Waals surface area (Å²) < 4.78 is 0. The topological polar surface area (TPSA) is 83.8 Å². The molecule has 1 aromatic heterocycles. The van der Waals surface area contributed by atoms with Crippen LogP contribution in [0.15, 0.2) is 30.6 Å². The first-order valence-corrected chi connectivity index (χ1v) is 4.90. The number of amides is 1. The van der Waals surface area contributed by atoms with Gasteiger partial charge in [0.2, 0.25) is 0 Å². The molecule has 0 aliphatic rings. The number of hydrogen-bond donors (Lipinski definition) is 3. The van der Waals surface area contributed by atoms with Crippen LogP contribution in [0.5, 0.6) is 0 Å². The van der Waals surface area contributed by atoms with Crippen LogP contribution in [-0.4, -0.2) is 16.1 Å². The lowest BCUT2D eigenvalue weighted by molar-refractivity contribution is 0.102. The Labute approximate surface area is 96.6 Å². The molecule has 4 N–H and O–H groups in total. The highest BCUT2D eigenvalue weighted by molar-refractivity contribution is 6.35. The molecule has 0 unspecified atom stereocenters. The maximum atomic E-state index is 11.8. The van der Waals surface area contributed by atoms with Crippen molar-refractivity contribution in [2.75, 3.05) is 11.1 Å². The van der Waals surface area contributed by atoms with Crippen LogP contribution in [0.2, 0.25) is 5.02 Å². The Hall–Kier alpha value is -2.01. The van der Waals surface area contributed by atoms with Gasteiger partial charge in [0.15, 0.2) is 0 Å². The Kier molecular flexibility index (Phi) is 2.78. The van der Waals surface area contributed by atoms with Crippen LogP contribution in [0, 0.1) is 0 Å². The number of halogens is 1. The van der Waals surface area contributed by atoms with E-state index in [1.807, 2.05) is 0 Å². The van der Waals surface area contributed by atoms with Crippen molar-refractivity contribution in [2.24, 2.45) is 0 Å². The zero-order valence-electron chi connectivity index (χ0n) is 8.20. The Bertz CT molecular complexity index is 489. The van der Waals surface area contributed by atoms with Gasteiger partial charge in [-0.2, -0.15) is 5.10 Å². The zero-order valence-corrected chi connectivity index (χ0v) is 8.95. The Balaban J connectivity index is 2.28. The molecule has 0 aliphatic carbocycles. The molecule has 0 atom stereocenters. The molecule has 5 nitrogen and oxygen atoms in total. The number of hydrogen-bond acceptors (Lipinski definition) is 3. The van der Waals surface area contributed by atoms with Crippen LogP contribution < -0.4 is 11.1 Å². The standard InChI is InChI=1S/C10H9ClN4O/c11-7-2-1-3-8(12)9(7)10(16)15-6-4-13-14-5-6/h1-5H,12H2,(H,13,14)(H,15,16). The molecule has 0 bridgehead atoms. The van der Waals surface area contributed by atoms with Gasteiger partial charge < -0.3 is 11.1 Å². The monoisotopic (exact) mass is 236 g/mol. The van der Waals surface area contributed by atoms with Crippen molar-refractivity contribution in [1.82, 2.24) is 10.2 Å². The minimum Gasteiger partial charge on any atom is -0.398 e. The second-order valence-corrected chi connectivity index (χ2v) is 3.55. The van der Waals surface area contributed by atoms with Crippen molar-refractivity contribution < 1.29 is 4.79 Å². The molecule has 0 spiro atoms. The molecular weight excluding hydrogens is 228 g/mol. The molecule has 0 saturated carbocycles. The van der Waals surface area contributed by atoms with E-state index in [-0.39, 0.29) is 11.5 Å². The van der Waals surface area contributed by atoms with Crippen molar-refractivity contribution in [3.05, 3.63) is 41.2 Å². The highest BCUT2D eigenvalue weighted by Crippen LogP contribution is 2.22. The first kappa shape index (κ1) is 10.5. The molecule has 6 heteroatoms. The highest BCUT2D eigenvalue weighted by Gasteiger charge is 2.14. The summed E-state index contributed by atoms with van der Waals surface area (Å²) in [5.41, 5.74) is 6.85. The van der Waals surface area contributed by atoms with E-state index in [1.165, 1.54) is 6.20 Å². The number of aromatic amines is 1. The van der Waals surface area contributed by atoms with Crippen LogP contribution in [-0.2, 0) is 0 Å². The molecule has 1 amide bonds. The average molecular weight is 237 g/mol. The van der Waals surface area contributed by atoms with Crippen LogP contribution in [0.25, 0.3) is 0 Å². The second kappa shape index (κ2) is 4.24. The number of carbonyl (C=O) groups is 1. The highest BCUT2D eigenvalue weighted by atomic mass is 35.5. The smallest absolute Gasteiger partial charge is 0.259 e. The van der Waals surface area contributed by atoms with E-state index in [2.05, 4.69) is 15.5 Å². The van der Waals surface area contributed by atoms with Gasteiger partial charge in [0.25, 0.3) is 5.91 Å². The summed E-state index contributed by atoms with van der Waals surface area (Å²) in [5, 5.41) is 9.24. The lowest BCUT2D eigenvalue weighted by Crippen LogP contribution is -2.14. The summed E-state index contributed by atoms with van der Waals surface area (Å²) in [5.74, 6) is -0.357. The summed E-state index contributed by atoms with van der Waals surface area (Å²) >= 11 is 5.90. The Morgan fingerprint density at radius 1 is 1.50 bits per heavy atom. The van der Waals surface area contributed by atoms with E-state index < -0.39 is 0 Å². The molecule has 2 aromatic rings. The molecular formula is C10H9ClN4O. The third-order valence-corrected chi connectivity index (χ3v) is 2.34. The van der Waals surface area contributed by atoms with E-state index in [1.54, 1.807) is 24.4 Å². The SMILES string of the molecule is Nc1cccc(Cl)c1C(=O)Nc1cn[nH]c1. The van der Waals surface area contributed by atoms with Crippen LogP contribution in [0.4, 0.5) is 11.4 Å². The lowest BCUT2D eigenvalue weighted by atomic mass is 10.1. The van der Waals surface area contributed by atoms with Gasteiger partial charge in [0.1, 0.15) is 0 Å². The first-order valence-electron chi connectivity index (χ1n) is 4.52. The molecule has 0 fully saturated rings. The van der Waals surface area contributed by atoms with Crippen LogP contribution in [0.1, 0.15) is 10.4 Å².